The van der Waals surface area contributed by atoms with Crippen LogP contribution in [-0.4, -0.2) is 9.38 Å². The predicted octanol–water partition coefficient (Wildman–Crippen LogP) is 3.89. The Morgan fingerprint density at radius 3 is 2.94 bits per heavy atom. The van der Waals surface area contributed by atoms with Gasteiger partial charge in [-0.25, -0.2) is 4.98 Å². The first-order valence-corrected chi connectivity index (χ1v) is 7.66. The third-order valence-corrected chi connectivity index (χ3v) is 5.37. The molecule has 0 fully saturated rings. The van der Waals surface area contributed by atoms with E-state index in [4.69, 9.17) is 0 Å². The lowest BCUT2D eigenvalue weighted by molar-refractivity contribution is 1.16. The van der Waals surface area contributed by atoms with E-state index in [2.05, 4.69) is 20.9 Å². The molecule has 0 saturated heterocycles. The van der Waals surface area contributed by atoms with Crippen molar-refractivity contribution in [2.24, 2.45) is 0 Å². The van der Waals surface area contributed by atoms with Gasteiger partial charge in [-0.2, -0.15) is 0 Å². The number of thiophene rings is 1. The van der Waals surface area contributed by atoms with Gasteiger partial charge in [0, 0.05) is 0 Å². The maximum atomic E-state index is 12.5. The van der Waals surface area contributed by atoms with Crippen molar-refractivity contribution in [1.29, 1.82) is 0 Å². The minimum Gasteiger partial charge on any atom is -0.268 e. The molecule has 3 aromatic heterocycles. The van der Waals surface area contributed by atoms with Gasteiger partial charge in [0.15, 0.2) is 4.96 Å². The summed E-state index contributed by atoms with van der Waals surface area (Å²) in [6.07, 6.45) is 0. The molecular weight excluding hydrogens is 332 g/mol. The summed E-state index contributed by atoms with van der Waals surface area (Å²) in [6, 6.07) is 9.72. The van der Waals surface area contributed by atoms with Crippen LogP contribution < -0.4 is 5.56 Å². The number of rotatable bonds is 0. The molecule has 3 heterocycles. The molecule has 0 aliphatic heterocycles. The van der Waals surface area contributed by atoms with E-state index in [1.54, 1.807) is 15.7 Å². The second-order valence-electron chi connectivity index (χ2n) is 3.87. The Morgan fingerprint density at radius 1 is 1.22 bits per heavy atom. The van der Waals surface area contributed by atoms with Gasteiger partial charge in [-0.3, -0.25) is 9.20 Å². The molecule has 0 bridgehead atoms. The summed E-state index contributed by atoms with van der Waals surface area (Å²) >= 11 is 6.44. The van der Waals surface area contributed by atoms with E-state index in [0.29, 0.717) is 5.39 Å². The first kappa shape index (κ1) is 10.7. The topological polar surface area (TPSA) is 34.4 Å². The third-order valence-electron chi connectivity index (χ3n) is 2.81. The lowest BCUT2D eigenvalue weighted by atomic mass is 10.3. The van der Waals surface area contributed by atoms with Crippen LogP contribution in [0.3, 0.4) is 0 Å². The van der Waals surface area contributed by atoms with Crippen molar-refractivity contribution in [2.45, 2.75) is 0 Å². The highest BCUT2D eigenvalue weighted by molar-refractivity contribution is 9.11. The Labute approximate surface area is 117 Å². The number of hydrogen-bond donors (Lipinski definition) is 0. The fourth-order valence-electron chi connectivity index (χ4n) is 2.04. The summed E-state index contributed by atoms with van der Waals surface area (Å²) in [5.74, 6) is 0. The molecule has 0 atom stereocenters. The van der Waals surface area contributed by atoms with Gasteiger partial charge in [0.2, 0.25) is 0 Å². The van der Waals surface area contributed by atoms with Crippen molar-refractivity contribution in [3.05, 3.63) is 44.5 Å². The van der Waals surface area contributed by atoms with Gasteiger partial charge in [-0.05, 0) is 34.1 Å². The number of fused-ring (bicyclic) bond motifs is 4. The smallest absolute Gasteiger partial charge is 0.267 e. The zero-order valence-corrected chi connectivity index (χ0v) is 12.1. The lowest BCUT2D eigenvalue weighted by Crippen LogP contribution is -2.12. The summed E-state index contributed by atoms with van der Waals surface area (Å²) < 4.78 is 3.71. The van der Waals surface area contributed by atoms with Crippen molar-refractivity contribution in [3.8, 4) is 0 Å². The average Bonchev–Trinajstić information content (AvgIpc) is 2.89. The Hall–Kier alpha value is -1.24. The maximum Gasteiger partial charge on any atom is 0.267 e. The number of aromatic nitrogens is 2. The van der Waals surface area contributed by atoms with Crippen LogP contribution in [-0.2, 0) is 0 Å². The number of halogens is 1. The molecule has 3 nitrogen and oxygen atoms in total. The van der Waals surface area contributed by atoms with E-state index in [1.165, 1.54) is 11.3 Å². The molecule has 4 rings (SSSR count). The zero-order chi connectivity index (χ0) is 12.3. The molecule has 4 aromatic rings. The second kappa shape index (κ2) is 3.63. The van der Waals surface area contributed by atoms with Gasteiger partial charge in [0.25, 0.3) is 5.56 Å². The predicted molar refractivity (Wildman–Crippen MR) is 79.9 cm³/mol. The van der Waals surface area contributed by atoms with Crippen LogP contribution in [0.15, 0.2) is 38.9 Å². The maximum absolute atomic E-state index is 12.5. The number of thiazole rings is 1. The highest BCUT2D eigenvalue weighted by Gasteiger charge is 2.12. The average molecular weight is 337 g/mol. The quantitative estimate of drug-likeness (QED) is 0.488. The SMILES string of the molecule is O=c1c2cc(Br)sc2nc2sc3ccccc3n12. The highest BCUT2D eigenvalue weighted by atomic mass is 79.9. The van der Waals surface area contributed by atoms with Crippen molar-refractivity contribution < 1.29 is 0 Å². The fraction of sp³-hybridized carbons (Fsp3) is 0. The van der Waals surface area contributed by atoms with Crippen molar-refractivity contribution in [3.63, 3.8) is 0 Å². The molecule has 0 radical (unpaired) electrons. The number of para-hydroxylation sites is 1. The molecule has 1 aromatic carbocycles. The molecule has 0 N–H and O–H groups in total. The van der Waals surface area contributed by atoms with Crippen LogP contribution in [0.5, 0.6) is 0 Å². The van der Waals surface area contributed by atoms with Crippen molar-refractivity contribution in [2.75, 3.05) is 0 Å². The van der Waals surface area contributed by atoms with Gasteiger partial charge >= 0.3 is 0 Å². The van der Waals surface area contributed by atoms with Gasteiger partial charge < -0.3 is 0 Å². The Morgan fingerprint density at radius 2 is 2.06 bits per heavy atom. The number of nitrogens with zero attached hydrogens (tertiary/aromatic N) is 2. The molecule has 0 aliphatic carbocycles. The Bertz CT molecular complexity index is 967. The van der Waals surface area contributed by atoms with E-state index >= 15 is 0 Å². The number of hydrogen-bond acceptors (Lipinski definition) is 4. The van der Waals surface area contributed by atoms with E-state index in [1.807, 2.05) is 30.3 Å². The Kier molecular flexibility index (Phi) is 2.15. The molecule has 0 amide bonds. The minimum absolute atomic E-state index is 0.00870. The van der Waals surface area contributed by atoms with Crippen LogP contribution in [0.25, 0.3) is 25.4 Å². The summed E-state index contributed by atoms with van der Waals surface area (Å²) in [4.78, 5) is 18.6. The second-order valence-corrected chi connectivity index (χ2v) is 7.29. The van der Waals surface area contributed by atoms with Crippen LogP contribution in [0.4, 0.5) is 0 Å². The van der Waals surface area contributed by atoms with Gasteiger partial charge in [0.05, 0.1) is 19.4 Å². The molecule has 0 unspecified atom stereocenters. The summed E-state index contributed by atoms with van der Waals surface area (Å²) in [5.41, 5.74) is 0.939. The minimum atomic E-state index is 0.00870. The molecular formula is C12H5BrN2OS2. The molecule has 18 heavy (non-hydrogen) atoms. The Balaban J connectivity index is 2.37. The van der Waals surface area contributed by atoms with E-state index in [9.17, 15) is 4.79 Å². The summed E-state index contributed by atoms with van der Waals surface area (Å²) in [7, 11) is 0. The standard InChI is InChI=1S/C12H5BrN2OS2/c13-9-5-6-10(18-9)14-12-15(11(6)16)7-3-1-2-4-8(7)17-12/h1-5H. The molecule has 6 heteroatoms. The largest absolute Gasteiger partial charge is 0.268 e. The van der Waals surface area contributed by atoms with Gasteiger partial charge in [0.1, 0.15) is 4.83 Å². The molecule has 0 saturated carbocycles. The first-order valence-electron chi connectivity index (χ1n) is 5.23. The van der Waals surface area contributed by atoms with Crippen molar-refractivity contribution in [1.82, 2.24) is 9.38 Å². The van der Waals surface area contributed by atoms with Crippen LogP contribution in [0, 0.1) is 0 Å². The molecule has 0 spiro atoms. The molecule has 0 aliphatic rings. The van der Waals surface area contributed by atoms with Gasteiger partial charge in [-0.1, -0.05) is 23.5 Å². The van der Waals surface area contributed by atoms with Crippen LogP contribution >= 0.6 is 38.6 Å². The summed E-state index contributed by atoms with van der Waals surface area (Å²) in [5, 5.41) is 0.674. The van der Waals surface area contributed by atoms with E-state index < -0.39 is 0 Å². The van der Waals surface area contributed by atoms with Crippen molar-refractivity contribution >= 4 is 64.0 Å². The normalized spacial score (nSPS) is 11.8. The lowest BCUT2D eigenvalue weighted by Gasteiger charge is -1.94. The monoisotopic (exact) mass is 336 g/mol. The van der Waals surface area contributed by atoms with Gasteiger partial charge in [-0.15, -0.1) is 11.3 Å². The summed E-state index contributed by atoms with van der Waals surface area (Å²) in [6.45, 7) is 0. The fourth-order valence-corrected chi connectivity index (χ4v) is 4.55. The zero-order valence-electron chi connectivity index (χ0n) is 8.88. The van der Waals surface area contributed by atoms with E-state index in [-0.39, 0.29) is 5.56 Å². The van der Waals surface area contributed by atoms with Crippen LogP contribution in [0.1, 0.15) is 0 Å². The molecule has 88 valence electrons. The first-order chi connectivity index (χ1) is 8.74. The van der Waals surface area contributed by atoms with E-state index in [0.717, 1.165) is 23.8 Å². The highest BCUT2D eigenvalue weighted by Crippen LogP contribution is 2.29. The third kappa shape index (κ3) is 1.33. The van der Waals surface area contributed by atoms with Crippen LogP contribution in [0.2, 0.25) is 0 Å². The number of benzene rings is 1.